The molecule has 1 fully saturated rings. The number of nitrogens with zero attached hydrogens (tertiary/aromatic N) is 5. The van der Waals surface area contributed by atoms with Crippen molar-refractivity contribution in [2.24, 2.45) is 0 Å². The van der Waals surface area contributed by atoms with Gasteiger partial charge < -0.3 is 20.2 Å². The summed E-state index contributed by atoms with van der Waals surface area (Å²) in [7, 11) is 0. The minimum atomic E-state index is -0.589. The van der Waals surface area contributed by atoms with Gasteiger partial charge in [-0.25, -0.2) is 4.98 Å². The maximum atomic E-state index is 11.3. The molecule has 0 saturated heterocycles. The summed E-state index contributed by atoms with van der Waals surface area (Å²) in [5.74, 6) is 0.955. The Kier molecular flexibility index (Phi) is 4.58. The Labute approximate surface area is 191 Å². The molecule has 1 aromatic carbocycles. The van der Waals surface area contributed by atoms with Crippen molar-refractivity contribution in [2.45, 2.75) is 18.8 Å². The molecule has 5 aromatic rings. The number of thiazole rings is 1. The van der Waals surface area contributed by atoms with Crippen molar-refractivity contribution >= 4 is 49.8 Å². The third-order valence-electron chi connectivity index (χ3n) is 5.31. The van der Waals surface area contributed by atoms with Crippen molar-refractivity contribution in [1.29, 1.82) is 0 Å². The van der Waals surface area contributed by atoms with Crippen LogP contribution in [0.3, 0.4) is 0 Å². The summed E-state index contributed by atoms with van der Waals surface area (Å²) in [6.07, 6.45) is 5.45. The number of rotatable bonds is 6. The number of nitrogens with one attached hydrogen (secondary N) is 1. The normalized spacial score (nSPS) is 13.3. The van der Waals surface area contributed by atoms with E-state index in [9.17, 15) is 10.1 Å². The SMILES string of the molecule is O=[N+]([O-])c1ncccc1Oc1cc2ncccc2c(Nc2ccc3nc(C4CC4)sc3c2)n1. The highest BCUT2D eigenvalue weighted by atomic mass is 32.1. The zero-order valence-electron chi connectivity index (χ0n) is 17.1. The zero-order chi connectivity index (χ0) is 22.4. The number of hydrogen-bond donors (Lipinski definition) is 1. The molecule has 4 heterocycles. The highest BCUT2D eigenvalue weighted by Crippen LogP contribution is 2.43. The average molecular weight is 456 g/mol. The number of benzene rings is 1. The van der Waals surface area contributed by atoms with Crippen LogP contribution in [0, 0.1) is 10.1 Å². The van der Waals surface area contributed by atoms with Crippen molar-refractivity contribution in [3.63, 3.8) is 0 Å². The van der Waals surface area contributed by atoms with Crippen LogP contribution in [0.5, 0.6) is 11.6 Å². The Morgan fingerprint density at radius 1 is 1.03 bits per heavy atom. The number of pyridine rings is 3. The molecule has 0 spiro atoms. The van der Waals surface area contributed by atoms with Crippen LogP contribution in [-0.2, 0) is 0 Å². The first-order chi connectivity index (χ1) is 16.1. The lowest BCUT2D eigenvalue weighted by atomic mass is 10.2. The number of aromatic nitrogens is 4. The van der Waals surface area contributed by atoms with E-state index >= 15 is 0 Å². The van der Waals surface area contributed by atoms with Crippen molar-refractivity contribution in [3.05, 3.63) is 76.0 Å². The molecule has 0 amide bonds. The largest absolute Gasteiger partial charge is 0.430 e. The smallest absolute Gasteiger partial charge is 0.406 e. The van der Waals surface area contributed by atoms with Crippen LogP contribution >= 0.6 is 11.3 Å². The molecule has 10 heteroatoms. The highest BCUT2D eigenvalue weighted by Gasteiger charge is 2.27. The lowest BCUT2D eigenvalue weighted by Gasteiger charge is -2.11. The Morgan fingerprint density at radius 3 is 2.73 bits per heavy atom. The van der Waals surface area contributed by atoms with E-state index in [0.29, 0.717) is 17.3 Å². The average Bonchev–Trinajstić information content (AvgIpc) is 3.58. The van der Waals surface area contributed by atoms with Gasteiger partial charge in [0.25, 0.3) is 0 Å². The maximum absolute atomic E-state index is 11.3. The summed E-state index contributed by atoms with van der Waals surface area (Å²) in [4.78, 5) is 28.2. The van der Waals surface area contributed by atoms with Crippen LogP contribution in [-0.4, -0.2) is 24.9 Å². The second kappa shape index (κ2) is 7.75. The molecule has 0 bridgehead atoms. The van der Waals surface area contributed by atoms with Gasteiger partial charge in [0.15, 0.2) is 0 Å². The van der Waals surface area contributed by atoms with Gasteiger partial charge in [0.1, 0.15) is 12.0 Å². The number of fused-ring (bicyclic) bond motifs is 2. The van der Waals surface area contributed by atoms with Gasteiger partial charge in [-0.15, -0.1) is 11.3 Å². The Morgan fingerprint density at radius 2 is 1.88 bits per heavy atom. The van der Waals surface area contributed by atoms with E-state index in [1.807, 2.05) is 24.3 Å². The van der Waals surface area contributed by atoms with Crippen molar-refractivity contribution in [1.82, 2.24) is 19.9 Å². The quantitative estimate of drug-likeness (QED) is 0.246. The molecule has 1 N–H and O–H groups in total. The summed E-state index contributed by atoms with van der Waals surface area (Å²) in [5.41, 5.74) is 2.50. The molecule has 162 valence electrons. The van der Waals surface area contributed by atoms with Gasteiger partial charge in [0, 0.05) is 29.3 Å². The van der Waals surface area contributed by atoms with E-state index in [-0.39, 0.29) is 17.4 Å². The number of anilines is 2. The van der Waals surface area contributed by atoms with Gasteiger partial charge in [-0.1, -0.05) is 0 Å². The Balaban J connectivity index is 1.38. The fourth-order valence-electron chi connectivity index (χ4n) is 3.57. The molecule has 0 radical (unpaired) electrons. The van der Waals surface area contributed by atoms with Gasteiger partial charge in [-0.2, -0.15) is 4.98 Å². The first kappa shape index (κ1) is 19.5. The van der Waals surface area contributed by atoms with Gasteiger partial charge >= 0.3 is 5.82 Å². The fraction of sp³-hybridized carbons (Fsp3) is 0.130. The van der Waals surface area contributed by atoms with E-state index in [1.54, 1.807) is 29.7 Å². The first-order valence-corrected chi connectivity index (χ1v) is 11.2. The summed E-state index contributed by atoms with van der Waals surface area (Å²) in [6, 6.07) is 14.5. The lowest BCUT2D eigenvalue weighted by Crippen LogP contribution is -2.00. The number of hydrogen-bond acceptors (Lipinski definition) is 9. The van der Waals surface area contributed by atoms with E-state index in [2.05, 4.69) is 26.3 Å². The van der Waals surface area contributed by atoms with Gasteiger partial charge in [-0.05, 0) is 65.2 Å². The zero-order valence-corrected chi connectivity index (χ0v) is 18.0. The molecule has 33 heavy (non-hydrogen) atoms. The Hall–Kier alpha value is -4.18. The van der Waals surface area contributed by atoms with Crippen LogP contribution < -0.4 is 10.1 Å². The van der Waals surface area contributed by atoms with Crippen LogP contribution in [0.1, 0.15) is 23.8 Å². The van der Waals surface area contributed by atoms with Crippen molar-refractivity contribution in [3.8, 4) is 11.6 Å². The fourth-order valence-corrected chi connectivity index (χ4v) is 4.75. The summed E-state index contributed by atoms with van der Waals surface area (Å²) in [6.45, 7) is 0. The van der Waals surface area contributed by atoms with Gasteiger partial charge in [0.05, 0.1) is 20.7 Å². The standard InChI is InChI=1S/C23H16N6O3S/c30-29(31)22-18(4-2-10-25-22)32-20-12-17-15(3-1-9-24-17)21(28-20)26-14-7-8-16-19(11-14)33-23(27-16)13-5-6-13/h1-4,7-13H,5-6H2,(H,26,28). The molecule has 1 aliphatic carbocycles. The van der Waals surface area contributed by atoms with Crippen LogP contribution in [0.2, 0.25) is 0 Å². The van der Waals surface area contributed by atoms with Crippen LogP contribution in [0.15, 0.2) is 60.9 Å². The summed E-state index contributed by atoms with van der Waals surface area (Å²) in [5, 5.41) is 16.7. The lowest BCUT2D eigenvalue weighted by molar-refractivity contribution is -0.390. The van der Waals surface area contributed by atoms with E-state index in [4.69, 9.17) is 9.72 Å². The summed E-state index contributed by atoms with van der Waals surface area (Å²) < 4.78 is 6.87. The third kappa shape index (κ3) is 3.80. The predicted octanol–water partition coefficient (Wildman–Crippen LogP) is 5.96. The van der Waals surface area contributed by atoms with Gasteiger partial charge in [0.2, 0.25) is 11.6 Å². The van der Waals surface area contributed by atoms with Crippen molar-refractivity contribution in [2.75, 3.05) is 5.32 Å². The molecule has 0 atom stereocenters. The second-order valence-corrected chi connectivity index (χ2v) is 8.76. The minimum absolute atomic E-state index is 0.00918. The molecule has 0 aliphatic heterocycles. The van der Waals surface area contributed by atoms with Crippen molar-refractivity contribution < 1.29 is 9.66 Å². The topological polar surface area (TPSA) is 116 Å². The molecule has 1 saturated carbocycles. The van der Waals surface area contributed by atoms with E-state index < -0.39 is 4.92 Å². The maximum Gasteiger partial charge on any atom is 0.406 e. The molecule has 0 unspecified atom stereocenters. The highest BCUT2D eigenvalue weighted by molar-refractivity contribution is 7.18. The van der Waals surface area contributed by atoms with E-state index in [1.165, 1.54) is 30.1 Å². The predicted molar refractivity (Wildman–Crippen MR) is 125 cm³/mol. The Bertz CT molecular complexity index is 1530. The van der Waals surface area contributed by atoms with Crippen LogP contribution in [0.25, 0.3) is 21.1 Å². The monoisotopic (exact) mass is 456 g/mol. The summed E-state index contributed by atoms with van der Waals surface area (Å²) >= 11 is 1.73. The molecular formula is C23H16N6O3S. The first-order valence-electron chi connectivity index (χ1n) is 10.3. The number of nitro groups is 1. The van der Waals surface area contributed by atoms with Gasteiger partial charge in [-0.3, -0.25) is 4.98 Å². The molecule has 6 rings (SSSR count). The second-order valence-electron chi connectivity index (χ2n) is 7.70. The molecule has 4 aromatic heterocycles. The minimum Gasteiger partial charge on any atom is -0.430 e. The molecular weight excluding hydrogens is 440 g/mol. The molecule has 9 nitrogen and oxygen atoms in total. The molecule has 1 aliphatic rings. The third-order valence-corrected chi connectivity index (χ3v) is 6.49. The number of ether oxygens (including phenoxy) is 1. The van der Waals surface area contributed by atoms with Crippen LogP contribution in [0.4, 0.5) is 17.3 Å². The van der Waals surface area contributed by atoms with E-state index in [0.717, 1.165) is 21.3 Å².